The molecular formula is C29H32Cl3NOS. The van der Waals surface area contributed by atoms with Gasteiger partial charge in [-0.1, -0.05) is 109 Å². The SMILES string of the molecule is C=C/C=C(\C=C/C)Cn1c(C)c(CO)c(-c2cccc(Cl)c2)c1SC(=C)/C=C(/Cl)C/C=C(/Cl)CC. The van der Waals surface area contributed by atoms with E-state index in [1.54, 1.807) is 6.08 Å². The summed E-state index contributed by atoms with van der Waals surface area (Å²) in [7, 11) is 0. The molecule has 0 bridgehead atoms. The second-order valence-electron chi connectivity index (χ2n) is 7.84. The van der Waals surface area contributed by atoms with Crippen LogP contribution in [0.25, 0.3) is 11.1 Å². The van der Waals surface area contributed by atoms with Crippen LogP contribution in [-0.2, 0) is 13.2 Å². The largest absolute Gasteiger partial charge is 0.392 e. The minimum atomic E-state index is -0.0955. The third-order valence-electron chi connectivity index (χ3n) is 5.33. The number of aliphatic hydroxyl groups excluding tert-OH is 1. The van der Waals surface area contributed by atoms with Gasteiger partial charge in [-0.25, -0.2) is 0 Å². The molecule has 1 aromatic carbocycles. The molecule has 0 aliphatic heterocycles. The molecule has 0 amide bonds. The Morgan fingerprint density at radius 3 is 2.57 bits per heavy atom. The van der Waals surface area contributed by atoms with E-state index >= 15 is 0 Å². The Morgan fingerprint density at radius 1 is 1.23 bits per heavy atom. The number of hydrogen-bond acceptors (Lipinski definition) is 2. The molecule has 2 rings (SSSR count). The predicted octanol–water partition coefficient (Wildman–Crippen LogP) is 9.95. The number of hydrogen-bond donors (Lipinski definition) is 1. The molecule has 35 heavy (non-hydrogen) atoms. The highest BCUT2D eigenvalue weighted by molar-refractivity contribution is 8.03. The number of aromatic nitrogens is 1. The summed E-state index contributed by atoms with van der Waals surface area (Å²) in [6.07, 6.45) is 12.9. The quantitative estimate of drug-likeness (QED) is 0.211. The lowest BCUT2D eigenvalue weighted by atomic mass is 10.0. The number of halogens is 3. The van der Waals surface area contributed by atoms with E-state index in [1.807, 2.05) is 69.3 Å². The van der Waals surface area contributed by atoms with Crippen LogP contribution in [0.3, 0.4) is 0 Å². The molecule has 0 spiro atoms. The van der Waals surface area contributed by atoms with Crippen molar-refractivity contribution < 1.29 is 5.11 Å². The second kappa shape index (κ2) is 14.6. The Balaban J connectivity index is 2.64. The van der Waals surface area contributed by atoms with Crippen molar-refractivity contribution in [1.82, 2.24) is 4.57 Å². The summed E-state index contributed by atoms with van der Waals surface area (Å²) in [5.74, 6) is 0. The van der Waals surface area contributed by atoms with E-state index in [1.165, 1.54) is 11.8 Å². The summed E-state index contributed by atoms with van der Waals surface area (Å²) in [4.78, 5) is 0.780. The molecule has 0 unspecified atom stereocenters. The fraction of sp³-hybridized carbons (Fsp3) is 0.241. The minimum absolute atomic E-state index is 0.0955. The van der Waals surface area contributed by atoms with Gasteiger partial charge in [0.1, 0.15) is 0 Å². The van der Waals surface area contributed by atoms with E-state index in [0.29, 0.717) is 23.0 Å². The van der Waals surface area contributed by atoms with Crippen LogP contribution in [0.2, 0.25) is 5.02 Å². The van der Waals surface area contributed by atoms with Crippen LogP contribution in [0.15, 0.2) is 99.4 Å². The van der Waals surface area contributed by atoms with Gasteiger partial charge in [-0.2, -0.15) is 0 Å². The standard InChI is InChI=1S/C29H32Cl3NOS/c1-6-10-22(11-7-2)18-33-21(5)27(19-34)28(23-12-9-13-25(31)17-23)29(33)35-20(4)16-26(32)15-14-24(30)8-3/h6-7,9-14,16-17,34H,1,4,8,15,18-19H2,2-3,5H3/b11-7-,22-10+,24-14+,26-16+. The molecule has 0 saturated heterocycles. The van der Waals surface area contributed by atoms with Crippen LogP contribution in [0.4, 0.5) is 0 Å². The van der Waals surface area contributed by atoms with Gasteiger partial charge in [0.15, 0.2) is 0 Å². The van der Waals surface area contributed by atoms with Crippen molar-refractivity contribution >= 4 is 46.6 Å². The molecule has 0 aliphatic carbocycles. The first kappa shape index (κ1) is 29.4. The zero-order valence-electron chi connectivity index (χ0n) is 20.5. The fourth-order valence-corrected chi connectivity index (χ4v) is 5.29. The van der Waals surface area contributed by atoms with E-state index in [9.17, 15) is 5.11 Å². The molecular weight excluding hydrogens is 517 g/mol. The summed E-state index contributed by atoms with van der Waals surface area (Å²) in [6.45, 7) is 14.6. The summed E-state index contributed by atoms with van der Waals surface area (Å²) in [5.41, 5.74) is 4.80. The molecule has 186 valence electrons. The summed E-state index contributed by atoms with van der Waals surface area (Å²) >= 11 is 20.5. The lowest BCUT2D eigenvalue weighted by Crippen LogP contribution is -2.04. The van der Waals surface area contributed by atoms with Crippen LogP contribution in [0.5, 0.6) is 0 Å². The summed E-state index contributed by atoms with van der Waals surface area (Å²) < 4.78 is 2.20. The summed E-state index contributed by atoms with van der Waals surface area (Å²) in [6, 6.07) is 7.68. The van der Waals surface area contributed by atoms with Crippen molar-refractivity contribution in [3.8, 4) is 11.1 Å². The van der Waals surface area contributed by atoms with Crippen molar-refractivity contribution in [2.24, 2.45) is 0 Å². The molecule has 1 N–H and O–H groups in total. The maximum Gasteiger partial charge on any atom is 0.0885 e. The Bertz CT molecular complexity index is 1180. The van der Waals surface area contributed by atoms with Crippen molar-refractivity contribution in [2.75, 3.05) is 0 Å². The van der Waals surface area contributed by atoms with Gasteiger partial charge in [0.25, 0.3) is 0 Å². The minimum Gasteiger partial charge on any atom is -0.392 e. The number of aliphatic hydroxyl groups is 1. The van der Waals surface area contributed by atoms with Crippen molar-refractivity contribution in [2.45, 2.75) is 51.8 Å². The highest BCUT2D eigenvalue weighted by Gasteiger charge is 2.23. The predicted molar refractivity (Wildman–Crippen MR) is 156 cm³/mol. The molecule has 1 aromatic heterocycles. The number of allylic oxidation sites excluding steroid dienone is 9. The Morgan fingerprint density at radius 2 is 1.97 bits per heavy atom. The molecule has 0 aliphatic rings. The van der Waals surface area contributed by atoms with Gasteiger partial charge in [-0.3, -0.25) is 0 Å². The Labute approximate surface area is 229 Å². The fourth-order valence-electron chi connectivity index (χ4n) is 3.64. The molecule has 0 atom stereocenters. The van der Waals surface area contributed by atoms with Crippen molar-refractivity contribution in [3.05, 3.63) is 111 Å². The van der Waals surface area contributed by atoms with Gasteiger partial charge < -0.3 is 9.67 Å². The van der Waals surface area contributed by atoms with Crippen molar-refractivity contribution in [3.63, 3.8) is 0 Å². The monoisotopic (exact) mass is 547 g/mol. The van der Waals surface area contributed by atoms with Gasteiger partial charge in [0.2, 0.25) is 0 Å². The van der Waals surface area contributed by atoms with Gasteiger partial charge >= 0.3 is 0 Å². The van der Waals surface area contributed by atoms with Crippen LogP contribution in [0, 0.1) is 6.92 Å². The second-order valence-corrected chi connectivity index (χ2v) is 10.4. The van der Waals surface area contributed by atoms with E-state index in [-0.39, 0.29) is 6.61 Å². The van der Waals surface area contributed by atoms with Crippen molar-refractivity contribution in [1.29, 1.82) is 0 Å². The zero-order valence-corrected chi connectivity index (χ0v) is 23.5. The smallest absolute Gasteiger partial charge is 0.0885 e. The van der Waals surface area contributed by atoms with Crippen LogP contribution >= 0.6 is 46.6 Å². The van der Waals surface area contributed by atoms with Gasteiger partial charge in [0, 0.05) is 49.8 Å². The molecule has 0 saturated carbocycles. The Hall–Kier alpha value is -1.88. The van der Waals surface area contributed by atoms with E-state index < -0.39 is 0 Å². The van der Waals surface area contributed by atoms with Gasteiger partial charge in [-0.05, 0) is 49.6 Å². The number of thioether (sulfide) groups is 1. The van der Waals surface area contributed by atoms with Crippen LogP contribution in [-0.4, -0.2) is 9.67 Å². The first-order valence-corrected chi connectivity index (χ1v) is 13.3. The maximum atomic E-state index is 10.4. The molecule has 1 heterocycles. The lowest BCUT2D eigenvalue weighted by molar-refractivity contribution is 0.281. The zero-order chi connectivity index (χ0) is 26.0. The molecule has 2 nitrogen and oxygen atoms in total. The highest BCUT2D eigenvalue weighted by Crippen LogP contribution is 2.43. The highest BCUT2D eigenvalue weighted by atomic mass is 35.5. The average molecular weight is 549 g/mol. The van der Waals surface area contributed by atoms with Crippen LogP contribution in [0.1, 0.15) is 37.9 Å². The molecule has 6 heteroatoms. The lowest BCUT2D eigenvalue weighted by Gasteiger charge is -2.14. The maximum absolute atomic E-state index is 10.4. The molecule has 0 radical (unpaired) electrons. The number of benzene rings is 1. The van der Waals surface area contributed by atoms with E-state index in [2.05, 4.69) is 23.8 Å². The molecule has 0 fully saturated rings. The summed E-state index contributed by atoms with van der Waals surface area (Å²) in [5, 5.41) is 13.4. The molecule has 2 aromatic rings. The first-order valence-electron chi connectivity index (χ1n) is 11.4. The third-order valence-corrected chi connectivity index (χ3v) is 7.25. The van der Waals surface area contributed by atoms with Crippen LogP contribution < -0.4 is 0 Å². The average Bonchev–Trinajstić information content (AvgIpc) is 3.08. The van der Waals surface area contributed by atoms with Gasteiger partial charge in [-0.15, -0.1) is 0 Å². The first-order chi connectivity index (χ1) is 16.7. The van der Waals surface area contributed by atoms with E-state index in [0.717, 1.165) is 49.3 Å². The van der Waals surface area contributed by atoms with E-state index in [4.69, 9.17) is 34.8 Å². The topological polar surface area (TPSA) is 25.2 Å². The Kier molecular flexibility index (Phi) is 12.3. The third kappa shape index (κ3) is 8.34. The number of nitrogens with zero attached hydrogens (tertiary/aromatic N) is 1. The normalized spacial score (nSPS) is 13.1. The number of rotatable bonds is 12. The van der Waals surface area contributed by atoms with Gasteiger partial charge in [0.05, 0.1) is 11.6 Å².